The summed E-state index contributed by atoms with van der Waals surface area (Å²) in [6, 6.07) is 14.5. The van der Waals surface area contributed by atoms with Crippen LogP contribution in [0, 0.1) is 5.82 Å². The number of nitrogens with one attached hydrogen (secondary N) is 1. The molecule has 0 unspecified atom stereocenters. The van der Waals surface area contributed by atoms with Crippen molar-refractivity contribution in [3.63, 3.8) is 0 Å². The lowest BCUT2D eigenvalue weighted by atomic mass is 9.93. The van der Waals surface area contributed by atoms with Gasteiger partial charge in [0.25, 0.3) is 0 Å². The van der Waals surface area contributed by atoms with E-state index in [2.05, 4.69) is 15.4 Å². The van der Waals surface area contributed by atoms with Crippen LogP contribution in [0.2, 0.25) is 0 Å². The number of ether oxygens (including phenoxy) is 1. The smallest absolute Gasteiger partial charge is 0.222 e. The number of rotatable bonds is 3. The van der Waals surface area contributed by atoms with Gasteiger partial charge in [-0.15, -0.1) is 0 Å². The van der Waals surface area contributed by atoms with E-state index in [4.69, 9.17) is 4.74 Å². The van der Waals surface area contributed by atoms with E-state index in [9.17, 15) is 4.39 Å². The van der Waals surface area contributed by atoms with Crippen LogP contribution >= 0.6 is 0 Å². The number of nitrogens with zero attached hydrogens (tertiary/aromatic N) is 3. The molecule has 1 N–H and O–H groups in total. The van der Waals surface area contributed by atoms with Gasteiger partial charge < -0.3 is 10.1 Å². The van der Waals surface area contributed by atoms with E-state index in [0.29, 0.717) is 5.95 Å². The molecule has 2 atom stereocenters. The van der Waals surface area contributed by atoms with Gasteiger partial charge in [0.1, 0.15) is 17.9 Å². The van der Waals surface area contributed by atoms with Crippen molar-refractivity contribution < 1.29 is 9.13 Å². The van der Waals surface area contributed by atoms with Crippen molar-refractivity contribution in [2.75, 3.05) is 12.4 Å². The molecule has 2 heterocycles. The predicted molar refractivity (Wildman–Crippen MR) is 88.5 cm³/mol. The lowest BCUT2D eigenvalue weighted by molar-refractivity contribution is 0.380. The maximum atomic E-state index is 13.2. The van der Waals surface area contributed by atoms with Crippen LogP contribution in [-0.4, -0.2) is 21.9 Å². The third kappa shape index (κ3) is 2.50. The van der Waals surface area contributed by atoms with E-state index in [-0.39, 0.29) is 17.9 Å². The second-order valence-electron chi connectivity index (χ2n) is 5.77. The van der Waals surface area contributed by atoms with Crippen LogP contribution in [0.4, 0.5) is 10.3 Å². The molecule has 2 aromatic carbocycles. The van der Waals surface area contributed by atoms with Crippen molar-refractivity contribution >= 4 is 5.95 Å². The van der Waals surface area contributed by atoms with Gasteiger partial charge in [0.05, 0.1) is 19.2 Å². The SMILES string of the molecule is COc1ccccc1[C@H]1C[C@@H](c2ccc(F)cc2)Nc2ncnn21. The molecule has 1 aliphatic rings. The highest BCUT2D eigenvalue weighted by atomic mass is 19.1. The van der Waals surface area contributed by atoms with Crippen LogP contribution in [0.5, 0.6) is 5.75 Å². The molecular weight excluding hydrogens is 307 g/mol. The summed E-state index contributed by atoms with van der Waals surface area (Å²) in [7, 11) is 1.67. The Morgan fingerprint density at radius 3 is 2.75 bits per heavy atom. The van der Waals surface area contributed by atoms with Gasteiger partial charge in [-0.1, -0.05) is 30.3 Å². The van der Waals surface area contributed by atoms with E-state index in [1.807, 2.05) is 28.9 Å². The van der Waals surface area contributed by atoms with Crippen LogP contribution in [0.15, 0.2) is 54.9 Å². The summed E-state index contributed by atoms with van der Waals surface area (Å²) < 4.78 is 20.6. The normalized spacial score (nSPS) is 19.4. The minimum absolute atomic E-state index is 0.00467. The van der Waals surface area contributed by atoms with Crippen LogP contribution in [0.25, 0.3) is 0 Å². The number of methoxy groups -OCH3 is 1. The van der Waals surface area contributed by atoms with Crippen LogP contribution in [0.1, 0.15) is 29.6 Å². The Balaban J connectivity index is 1.75. The number of anilines is 1. The summed E-state index contributed by atoms with van der Waals surface area (Å²) in [5, 5.41) is 7.74. The number of hydrogen-bond donors (Lipinski definition) is 1. The fourth-order valence-electron chi connectivity index (χ4n) is 3.23. The summed E-state index contributed by atoms with van der Waals surface area (Å²) in [5.41, 5.74) is 2.07. The Bertz CT molecular complexity index is 846. The van der Waals surface area contributed by atoms with Gasteiger partial charge in [-0.25, -0.2) is 9.07 Å². The molecular formula is C18H17FN4O. The Morgan fingerprint density at radius 2 is 1.96 bits per heavy atom. The molecule has 0 fully saturated rings. The molecule has 0 saturated carbocycles. The minimum Gasteiger partial charge on any atom is -0.496 e. The molecule has 122 valence electrons. The number of fused-ring (bicyclic) bond motifs is 1. The molecule has 5 nitrogen and oxygen atoms in total. The predicted octanol–water partition coefficient (Wildman–Crippen LogP) is 3.57. The monoisotopic (exact) mass is 324 g/mol. The zero-order valence-electron chi connectivity index (χ0n) is 13.2. The average molecular weight is 324 g/mol. The topological polar surface area (TPSA) is 52.0 Å². The summed E-state index contributed by atoms with van der Waals surface area (Å²) in [6.07, 6.45) is 2.31. The van der Waals surface area contributed by atoms with Crippen molar-refractivity contribution in [1.29, 1.82) is 0 Å². The molecule has 3 aromatic rings. The van der Waals surface area contributed by atoms with E-state index in [1.165, 1.54) is 18.5 Å². The van der Waals surface area contributed by atoms with E-state index < -0.39 is 0 Å². The molecule has 1 aromatic heterocycles. The fourth-order valence-corrected chi connectivity index (χ4v) is 3.23. The summed E-state index contributed by atoms with van der Waals surface area (Å²) >= 11 is 0. The second kappa shape index (κ2) is 5.96. The van der Waals surface area contributed by atoms with Gasteiger partial charge in [-0.2, -0.15) is 10.1 Å². The molecule has 6 heteroatoms. The Labute approximate surface area is 139 Å². The van der Waals surface area contributed by atoms with Gasteiger partial charge in [0, 0.05) is 5.56 Å². The lowest BCUT2D eigenvalue weighted by Gasteiger charge is -2.32. The highest BCUT2D eigenvalue weighted by Gasteiger charge is 2.31. The molecule has 0 radical (unpaired) electrons. The number of halogens is 1. The zero-order valence-corrected chi connectivity index (χ0v) is 13.2. The molecule has 0 amide bonds. The van der Waals surface area contributed by atoms with Crippen molar-refractivity contribution in [3.05, 3.63) is 71.8 Å². The van der Waals surface area contributed by atoms with Crippen molar-refractivity contribution in [2.45, 2.75) is 18.5 Å². The largest absolute Gasteiger partial charge is 0.496 e. The summed E-state index contributed by atoms with van der Waals surface area (Å²) in [6.45, 7) is 0. The van der Waals surface area contributed by atoms with Crippen molar-refractivity contribution in [2.24, 2.45) is 0 Å². The molecule has 24 heavy (non-hydrogen) atoms. The number of hydrogen-bond acceptors (Lipinski definition) is 4. The Hall–Kier alpha value is -2.89. The first-order chi connectivity index (χ1) is 11.8. The summed E-state index contributed by atoms with van der Waals surface area (Å²) in [5.74, 6) is 1.29. The van der Waals surface area contributed by atoms with E-state index in [1.54, 1.807) is 19.2 Å². The highest BCUT2D eigenvalue weighted by Crippen LogP contribution is 2.40. The molecule has 4 rings (SSSR count). The summed E-state index contributed by atoms with van der Waals surface area (Å²) in [4.78, 5) is 4.31. The van der Waals surface area contributed by atoms with Gasteiger partial charge in [0.15, 0.2) is 0 Å². The van der Waals surface area contributed by atoms with Gasteiger partial charge in [0.2, 0.25) is 5.95 Å². The third-order valence-corrected chi connectivity index (χ3v) is 4.40. The lowest BCUT2D eigenvalue weighted by Crippen LogP contribution is -2.28. The first-order valence-electron chi connectivity index (χ1n) is 7.80. The quantitative estimate of drug-likeness (QED) is 0.800. The number of aromatic nitrogens is 3. The number of para-hydroxylation sites is 1. The van der Waals surface area contributed by atoms with E-state index in [0.717, 1.165) is 23.3 Å². The molecule has 0 saturated heterocycles. The third-order valence-electron chi connectivity index (χ3n) is 4.40. The standard InChI is InChI=1S/C18H17FN4O/c1-24-17-5-3-2-4-14(17)16-10-15(12-6-8-13(19)9-7-12)22-18-20-11-21-23(16)18/h2-9,11,15-16H,10H2,1H3,(H,20,21,22)/t15-,16+/m0/s1. The maximum Gasteiger partial charge on any atom is 0.222 e. The minimum atomic E-state index is -0.237. The average Bonchev–Trinajstić information content (AvgIpc) is 3.10. The van der Waals surface area contributed by atoms with Gasteiger partial charge in [-0.3, -0.25) is 0 Å². The zero-order chi connectivity index (χ0) is 16.5. The number of benzene rings is 2. The van der Waals surface area contributed by atoms with Crippen molar-refractivity contribution in [1.82, 2.24) is 14.8 Å². The first kappa shape index (κ1) is 14.7. The van der Waals surface area contributed by atoms with Crippen molar-refractivity contribution in [3.8, 4) is 5.75 Å². The fraction of sp³-hybridized carbons (Fsp3) is 0.222. The van der Waals surface area contributed by atoms with Crippen LogP contribution in [-0.2, 0) is 0 Å². The second-order valence-corrected chi connectivity index (χ2v) is 5.77. The van der Waals surface area contributed by atoms with E-state index >= 15 is 0 Å². The Kier molecular flexibility index (Phi) is 3.65. The molecule has 1 aliphatic heterocycles. The molecule has 0 bridgehead atoms. The molecule has 0 spiro atoms. The van der Waals surface area contributed by atoms with Crippen LogP contribution < -0.4 is 10.1 Å². The van der Waals surface area contributed by atoms with Gasteiger partial charge in [-0.05, 0) is 30.2 Å². The first-order valence-corrected chi connectivity index (χ1v) is 7.80. The van der Waals surface area contributed by atoms with Crippen LogP contribution in [0.3, 0.4) is 0 Å². The highest BCUT2D eigenvalue weighted by molar-refractivity contribution is 5.42. The van der Waals surface area contributed by atoms with Gasteiger partial charge >= 0.3 is 0 Å². The Morgan fingerprint density at radius 1 is 1.17 bits per heavy atom. The molecule has 0 aliphatic carbocycles. The maximum absolute atomic E-state index is 13.2.